The Morgan fingerprint density at radius 2 is 1.73 bits per heavy atom. The first kappa shape index (κ1) is 22.5. The second kappa shape index (κ2) is 10.7. The first-order chi connectivity index (χ1) is 16.1. The van der Waals surface area contributed by atoms with Gasteiger partial charge >= 0.3 is 0 Å². The third kappa shape index (κ3) is 6.17. The van der Waals surface area contributed by atoms with Crippen molar-refractivity contribution in [1.82, 2.24) is 15.0 Å². The normalized spacial score (nSPS) is 11.0. The van der Waals surface area contributed by atoms with E-state index in [1.165, 1.54) is 0 Å². The number of benzene rings is 3. The Hall–Kier alpha value is -3.71. The first-order valence-corrected chi connectivity index (χ1v) is 11.1. The maximum absolute atomic E-state index is 12.3. The van der Waals surface area contributed by atoms with Crippen LogP contribution in [0.15, 0.2) is 89.5 Å². The highest BCUT2D eigenvalue weighted by molar-refractivity contribution is 9.10. The summed E-state index contributed by atoms with van der Waals surface area (Å²) in [5.41, 5.74) is 3.39. The van der Waals surface area contributed by atoms with Crippen LogP contribution in [-0.2, 0) is 13.2 Å². The smallest absolute Gasteiger partial charge is 0.185 e. The lowest BCUT2D eigenvalue weighted by atomic mass is 10.1. The standard InChI is InChI=1S/C26H22BrN3O3/c1-32-23-13-9-20(10-14-23)26(31)15-8-19-6-11-24(12-7-19)33-18-22-17-30(29-28-22)16-21-4-2-3-5-25(21)27/h2-15,17H,16,18H2,1H3/b15-8+. The molecule has 0 atom stereocenters. The molecule has 1 aromatic heterocycles. The topological polar surface area (TPSA) is 66.2 Å². The van der Waals surface area contributed by atoms with E-state index in [2.05, 4.69) is 26.2 Å². The van der Waals surface area contributed by atoms with Crippen LogP contribution < -0.4 is 9.47 Å². The minimum atomic E-state index is -0.0661. The van der Waals surface area contributed by atoms with E-state index in [9.17, 15) is 4.79 Å². The lowest BCUT2D eigenvalue weighted by Gasteiger charge is -2.04. The molecule has 7 heteroatoms. The second-order valence-corrected chi connectivity index (χ2v) is 8.14. The fraction of sp³-hybridized carbons (Fsp3) is 0.115. The van der Waals surface area contributed by atoms with Crippen LogP contribution in [0.2, 0.25) is 0 Å². The highest BCUT2D eigenvalue weighted by Crippen LogP contribution is 2.18. The van der Waals surface area contributed by atoms with E-state index in [0.29, 0.717) is 24.5 Å². The number of ether oxygens (including phenoxy) is 2. The van der Waals surface area contributed by atoms with Crippen LogP contribution in [0.3, 0.4) is 0 Å². The summed E-state index contributed by atoms with van der Waals surface area (Å²) < 4.78 is 13.8. The Balaban J connectivity index is 1.30. The third-order valence-electron chi connectivity index (χ3n) is 4.94. The van der Waals surface area contributed by atoms with Crippen molar-refractivity contribution < 1.29 is 14.3 Å². The number of hydrogen-bond donors (Lipinski definition) is 0. The Morgan fingerprint density at radius 3 is 2.45 bits per heavy atom. The summed E-state index contributed by atoms with van der Waals surface area (Å²) in [7, 11) is 1.60. The van der Waals surface area contributed by atoms with Gasteiger partial charge in [0.25, 0.3) is 0 Å². The van der Waals surface area contributed by atoms with Crippen molar-refractivity contribution in [3.05, 3.63) is 112 Å². The van der Waals surface area contributed by atoms with E-state index in [-0.39, 0.29) is 5.78 Å². The molecule has 0 bridgehead atoms. The molecular formula is C26H22BrN3O3. The van der Waals surface area contributed by atoms with Gasteiger partial charge < -0.3 is 9.47 Å². The van der Waals surface area contributed by atoms with Crippen LogP contribution in [0.4, 0.5) is 0 Å². The Morgan fingerprint density at radius 1 is 1.00 bits per heavy atom. The zero-order valence-corrected chi connectivity index (χ0v) is 19.6. The largest absolute Gasteiger partial charge is 0.497 e. The molecule has 6 nitrogen and oxygen atoms in total. The highest BCUT2D eigenvalue weighted by Gasteiger charge is 2.06. The van der Waals surface area contributed by atoms with Gasteiger partial charge in [-0.2, -0.15) is 0 Å². The number of carbonyl (C=O) groups is 1. The molecule has 3 aromatic carbocycles. The average molecular weight is 504 g/mol. The van der Waals surface area contributed by atoms with E-state index < -0.39 is 0 Å². The molecule has 0 N–H and O–H groups in total. The Bertz CT molecular complexity index is 1250. The van der Waals surface area contributed by atoms with Crippen LogP contribution in [0.1, 0.15) is 27.2 Å². The van der Waals surface area contributed by atoms with Crippen molar-refractivity contribution in [1.29, 1.82) is 0 Å². The molecule has 0 amide bonds. The monoisotopic (exact) mass is 503 g/mol. The van der Waals surface area contributed by atoms with Gasteiger partial charge in [0.1, 0.15) is 23.8 Å². The number of carbonyl (C=O) groups excluding carboxylic acids is 1. The van der Waals surface area contributed by atoms with E-state index in [1.807, 2.05) is 54.7 Å². The van der Waals surface area contributed by atoms with Crippen molar-refractivity contribution in [3.8, 4) is 11.5 Å². The van der Waals surface area contributed by atoms with Crippen molar-refractivity contribution in [3.63, 3.8) is 0 Å². The molecule has 4 rings (SSSR count). The van der Waals surface area contributed by atoms with Gasteiger partial charge in [-0.15, -0.1) is 5.10 Å². The maximum atomic E-state index is 12.3. The fourth-order valence-corrected chi connectivity index (χ4v) is 3.55. The highest BCUT2D eigenvalue weighted by atomic mass is 79.9. The van der Waals surface area contributed by atoms with Crippen LogP contribution in [0.5, 0.6) is 11.5 Å². The zero-order valence-electron chi connectivity index (χ0n) is 18.0. The van der Waals surface area contributed by atoms with Gasteiger partial charge in [-0.1, -0.05) is 57.6 Å². The van der Waals surface area contributed by atoms with Crippen LogP contribution in [-0.4, -0.2) is 27.9 Å². The zero-order chi connectivity index (χ0) is 23.0. The number of methoxy groups -OCH3 is 1. The maximum Gasteiger partial charge on any atom is 0.185 e. The molecule has 1 heterocycles. The van der Waals surface area contributed by atoms with E-state index in [4.69, 9.17) is 9.47 Å². The third-order valence-corrected chi connectivity index (χ3v) is 5.72. The van der Waals surface area contributed by atoms with Crippen molar-refractivity contribution in [2.45, 2.75) is 13.2 Å². The fourth-order valence-electron chi connectivity index (χ4n) is 3.14. The average Bonchev–Trinajstić information content (AvgIpc) is 3.30. The number of ketones is 1. The van der Waals surface area contributed by atoms with Gasteiger partial charge in [-0.05, 0) is 59.7 Å². The van der Waals surface area contributed by atoms with Crippen molar-refractivity contribution in [2.24, 2.45) is 0 Å². The van der Waals surface area contributed by atoms with Crippen LogP contribution >= 0.6 is 15.9 Å². The first-order valence-electron chi connectivity index (χ1n) is 10.3. The number of nitrogens with zero attached hydrogens (tertiary/aromatic N) is 3. The number of halogens is 1. The molecule has 4 aromatic rings. The van der Waals surface area contributed by atoms with Crippen LogP contribution in [0, 0.1) is 0 Å². The molecule has 0 aliphatic heterocycles. The molecular weight excluding hydrogens is 482 g/mol. The quantitative estimate of drug-likeness (QED) is 0.220. The Labute approximate surface area is 200 Å². The van der Waals surface area contributed by atoms with Gasteiger partial charge in [0.2, 0.25) is 0 Å². The molecule has 0 saturated carbocycles. The predicted octanol–water partition coefficient (Wildman–Crippen LogP) is 5.57. The number of allylic oxidation sites excluding steroid dienone is 1. The number of hydrogen-bond acceptors (Lipinski definition) is 5. The lowest BCUT2D eigenvalue weighted by molar-refractivity contribution is 0.104. The van der Waals surface area contributed by atoms with Crippen molar-refractivity contribution >= 4 is 27.8 Å². The predicted molar refractivity (Wildman–Crippen MR) is 130 cm³/mol. The summed E-state index contributed by atoms with van der Waals surface area (Å²) in [6, 6.07) is 22.6. The summed E-state index contributed by atoms with van der Waals surface area (Å²) in [5, 5.41) is 8.35. The minimum absolute atomic E-state index is 0.0661. The molecule has 166 valence electrons. The summed E-state index contributed by atoms with van der Waals surface area (Å²) in [4.78, 5) is 12.3. The molecule has 33 heavy (non-hydrogen) atoms. The van der Waals surface area contributed by atoms with E-state index >= 15 is 0 Å². The molecule has 0 fully saturated rings. The van der Waals surface area contributed by atoms with Crippen molar-refractivity contribution in [2.75, 3.05) is 7.11 Å². The minimum Gasteiger partial charge on any atom is -0.497 e. The molecule has 0 aliphatic carbocycles. The molecule has 0 spiro atoms. The van der Waals surface area contributed by atoms with Gasteiger partial charge in [0.05, 0.1) is 19.9 Å². The summed E-state index contributed by atoms with van der Waals surface area (Å²) in [6.45, 7) is 0.950. The number of aromatic nitrogens is 3. The molecule has 0 saturated heterocycles. The SMILES string of the molecule is COc1ccc(C(=O)/C=C/c2ccc(OCc3cn(Cc4ccccc4Br)nn3)cc2)cc1. The Kier molecular flexibility index (Phi) is 7.32. The van der Waals surface area contributed by atoms with Gasteiger partial charge in [-0.25, -0.2) is 4.68 Å². The lowest BCUT2D eigenvalue weighted by Crippen LogP contribution is -2.01. The summed E-state index contributed by atoms with van der Waals surface area (Å²) in [6.07, 6.45) is 5.21. The number of rotatable bonds is 9. The second-order valence-electron chi connectivity index (χ2n) is 7.28. The molecule has 0 aliphatic rings. The van der Waals surface area contributed by atoms with Crippen LogP contribution in [0.25, 0.3) is 6.08 Å². The van der Waals surface area contributed by atoms with Gasteiger partial charge in [-0.3, -0.25) is 4.79 Å². The summed E-state index contributed by atoms with van der Waals surface area (Å²) >= 11 is 3.55. The molecule has 0 unspecified atom stereocenters. The van der Waals surface area contributed by atoms with E-state index in [0.717, 1.165) is 27.0 Å². The van der Waals surface area contributed by atoms with Gasteiger partial charge in [0, 0.05) is 10.0 Å². The molecule has 0 radical (unpaired) electrons. The summed E-state index contributed by atoms with van der Waals surface area (Å²) in [5.74, 6) is 1.37. The van der Waals surface area contributed by atoms with Gasteiger partial charge in [0.15, 0.2) is 5.78 Å². The van der Waals surface area contributed by atoms with E-state index in [1.54, 1.807) is 48.2 Å².